The third kappa shape index (κ3) is 3.84. The van der Waals surface area contributed by atoms with Gasteiger partial charge < -0.3 is 15.5 Å². The SMILES string of the molecule is CN1CCC(NC(=O)NC2CCS(=O)(=O)C2)CC1. The van der Waals surface area contributed by atoms with Crippen LogP contribution in [-0.4, -0.2) is 63.1 Å². The van der Waals surface area contributed by atoms with Gasteiger partial charge in [0, 0.05) is 12.1 Å². The van der Waals surface area contributed by atoms with E-state index < -0.39 is 9.84 Å². The molecule has 6 nitrogen and oxygen atoms in total. The van der Waals surface area contributed by atoms with Crippen molar-refractivity contribution in [2.75, 3.05) is 31.6 Å². The number of sulfone groups is 1. The maximum absolute atomic E-state index is 11.7. The van der Waals surface area contributed by atoms with E-state index in [1.54, 1.807) is 0 Å². The highest BCUT2D eigenvalue weighted by Gasteiger charge is 2.29. The summed E-state index contributed by atoms with van der Waals surface area (Å²) in [4.78, 5) is 14.0. The largest absolute Gasteiger partial charge is 0.335 e. The summed E-state index contributed by atoms with van der Waals surface area (Å²) in [5.41, 5.74) is 0. The third-order valence-corrected chi connectivity index (χ3v) is 5.39. The van der Waals surface area contributed by atoms with E-state index in [2.05, 4.69) is 22.6 Å². The fraction of sp³-hybridized carbons (Fsp3) is 0.909. The molecule has 0 bridgehead atoms. The molecule has 0 aromatic carbocycles. The Labute approximate surface area is 108 Å². The maximum Gasteiger partial charge on any atom is 0.315 e. The summed E-state index contributed by atoms with van der Waals surface area (Å²) >= 11 is 0. The normalized spacial score (nSPS) is 29.1. The fourth-order valence-electron chi connectivity index (χ4n) is 2.47. The predicted molar refractivity (Wildman–Crippen MR) is 69.2 cm³/mol. The van der Waals surface area contributed by atoms with Crippen LogP contribution < -0.4 is 10.6 Å². The summed E-state index contributed by atoms with van der Waals surface area (Å²) in [5, 5.41) is 5.67. The Balaban J connectivity index is 1.73. The van der Waals surface area contributed by atoms with Gasteiger partial charge in [-0.05, 0) is 39.4 Å². The number of amides is 2. The lowest BCUT2D eigenvalue weighted by Crippen LogP contribution is -2.49. The molecule has 2 amide bonds. The number of nitrogens with zero attached hydrogens (tertiary/aromatic N) is 1. The molecule has 2 aliphatic rings. The first-order valence-electron chi connectivity index (χ1n) is 6.40. The van der Waals surface area contributed by atoms with Crippen LogP contribution in [0.15, 0.2) is 0 Å². The van der Waals surface area contributed by atoms with Crippen molar-refractivity contribution in [2.24, 2.45) is 0 Å². The van der Waals surface area contributed by atoms with Gasteiger partial charge in [0.1, 0.15) is 0 Å². The molecule has 104 valence electrons. The summed E-state index contributed by atoms with van der Waals surface area (Å²) in [7, 11) is -0.861. The quantitative estimate of drug-likeness (QED) is 0.716. The third-order valence-electron chi connectivity index (χ3n) is 3.62. The van der Waals surface area contributed by atoms with Crippen molar-refractivity contribution < 1.29 is 13.2 Å². The smallest absolute Gasteiger partial charge is 0.315 e. The highest BCUT2D eigenvalue weighted by Crippen LogP contribution is 2.12. The Hall–Kier alpha value is -0.820. The van der Waals surface area contributed by atoms with E-state index in [9.17, 15) is 13.2 Å². The van der Waals surface area contributed by atoms with Crippen molar-refractivity contribution in [1.82, 2.24) is 15.5 Å². The molecular formula is C11H21N3O3S. The van der Waals surface area contributed by atoms with Crippen LogP contribution >= 0.6 is 0 Å². The summed E-state index contributed by atoms with van der Waals surface area (Å²) < 4.78 is 22.5. The lowest BCUT2D eigenvalue weighted by molar-refractivity contribution is 0.212. The number of carbonyl (C=O) groups excluding carboxylic acids is 1. The molecule has 0 aliphatic carbocycles. The monoisotopic (exact) mass is 275 g/mol. The first-order valence-corrected chi connectivity index (χ1v) is 8.23. The van der Waals surface area contributed by atoms with Gasteiger partial charge in [-0.1, -0.05) is 0 Å². The van der Waals surface area contributed by atoms with E-state index in [0.29, 0.717) is 6.42 Å². The Morgan fingerprint density at radius 3 is 2.28 bits per heavy atom. The molecule has 2 fully saturated rings. The van der Waals surface area contributed by atoms with Crippen LogP contribution in [0.25, 0.3) is 0 Å². The predicted octanol–water partition coefficient (Wildman–Crippen LogP) is -0.433. The molecule has 1 atom stereocenters. The maximum atomic E-state index is 11.7. The van der Waals surface area contributed by atoms with Gasteiger partial charge in [-0.15, -0.1) is 0 Å². The van der Waals surface area contributed by atoms with Crippen molar-refractivity contribution in [1.29, 1.82) is 0 Å². The molecule has 0 aromatic heterocycles. The number of hydrogen-bond donors (Lipinski definition) is 2. The van der Waals surface area contributed by atoms with Crippen LogP contribution in [-0.2, 0) is 9.84 Å². The average Bonchev–Trinajstić information content (AvgIpc) is 2.61. The van der Waals surface area contributed by atoms with Crippen LogP contribution in [0.5, 0.6) is 0 Å². The van der Waals surface area contributed by atoms with E-state index in [-0.39, 0.29) is 29.6 Å². The fourth-order valence-corrected chi connectivity index (χ4v) is 4.15. The zero-order valence-electron chi connectivity index (χ0n) is 10.7. The number of hydrogen-bond acceptors (Lipinski definition) is 4. The molecular weight excluding hydrogens is 254 g/mol. The standard InChI is InChI=1S/C11H21N3O3S/c1-14-5-2-9(3-6-14)12-11(15)13-10-4-7-18(16,17)8-10/h9-10H,2-8H2,1H3,(H2,12,13,15). The Bertz CT molecular complexity index is 402. The summed E-state index contributed by atoms with van der Waals surface area (Å²) in [5.74, 6) is 0.264. The van der Waals surface area contributed by atoms with Gasteiger partial charge in [-0.25, -0.2) is 13.2 Å². The van der Waals surface area contributed by atoms with Gasteiger partial charge in [0.15, 0.2) is 9.84 Å². The van der Waals surface area contributed by atoms with Crippen molar-refractivity contribution in [3.63, 3.8) is 0 Å². The number of urea groups is 1. The molecule has 0 aromatic rings. The van der Waals surface area contributed by atoms with Crippen molar-refractivity contribution in [3.05, 3.63) is 0 Å². The lowest BCUT2D eigenvalue weighted by atomic mass is 10.1. The Morgan fingerprint density at radius 1 is 1.11 bits per heavy atom. The van der Waals surface area contributed by atoms with Crippen LogP contribution in [0, 0.1) is 0 Å². The molecule has 2 aliphatic heterocycles. The molecule has 0 radical (unpaired) electrons. The molecule has 1 unspecified atom stereocenters. The molecule has 2 N–H and O–H groups in total. The first kappa shape index (κ1) is 13.6. The number of nitrogens with one attached hydrogen (secondary N) is 2. The summed E-state index contributed by atoms with van der Waals surface area (Å²) in [6.07, 6.45) is 2.43. The second kappa shape index (κ2) is 5.44. The van der Waals surface area contributed by atoms with E-state index in [4.69, 9.17) is 0 Å². The van der Waals surface area contributed by atoms with Gasteiger partial charge >= 0.3 is 6.03 Å². The van der Waals surface area contributed by atoms with Crippen molar-refractivity contribution in [3.8, 4) is 0 Å². The van der Waals surface area contributed by atoms with Crippen molar-refractivity contribution in [2.45, 2.75) is 31.3 Å². The van der Waals surface area contributed by atoms with E-state index in [1.807, 2.05) is 0 Å². The summed E-state index contributed by atoms with van der Waals surface area (Å²) in [6, 6.07) is -0.243. The van der Waals surface area contributed by atoms with Crippen LogP contribution in [0.2, 0.25) is 0 Å². The first-order chi connectivity index (χ1) is 8.44. The highest BCUT2D eigenvalue weighted by atomic mass is 32.2. The van der Waals surface area contributed by atoms with Crippen LogP contribution in [0.1, 0.15) is 19.3 Å². The molecule has 7 heteroatoms. The van der Waals surface area contributed by atoms with Crippen molar-refractivity contribution >= 4 is 15.9 Å². The minimum absolute atomic E-state index is 0.0772. The molecule has 2 rings (SSSR count). The van der Waals surface area contributed by atoms with Crippen LogP contribution in [0.4, 0.5) is 4.79 Å². The summed E-state index contributed by atoms with van der Waals surface area (Å²) in [6.45, 7) is 1.98. The van der Waals surface area contributed by atoms with Gasteiger partial charge in [-0.3, -0.25) is 0 Å². The highest BCUT2D eigenvalue weighted by molar-refractivity contribution is 7.91. The lowest BCUT2D eigenvalue weighted by Gasteiger charge is -2.29. The van der Waals surface area contributed by atoms with Gasteiger partial charge in [0.25, 0.3) is 0 Å². The number of piperidine rings is 1. The minimum Gasteiger partial charge on any atom is -0.335 e. The minimum atomic E-state index is -2.93. The number of likely N-dealkylation sites (tertiary alicyclic amines) is 1. The van der Waals surface area contributed by atoms with E-state index in [0.717, 1.165) is 25.9 Å². The van der Waals surface area contributed by atoms with Crippen LogP contribution in [0.3, 0.4) is 0 Å². The Morgan fingerprint density at radius 2 is 1.72 bits per heavy atom. The second-order valence-corrected chi connectivity index (χ2v) is 7.52. The number of carbonyl (C=O) groups is 1. The van der Waals surface area contributed by atoms with Gasteiger partial charge in [0.05, 0.1) is 11.5 Å². The molecule has 2 saturated heterocycles. The zero-order chi connectivity index (χ0) is 13.2. The number of rotatable bonds is 2. The van der Waals surface area contributed by atoms with E-state index >= 15 is 0 Å². The molecule has 0 saturated carbocycles. The average molecular weight is 275 g/mol. The van der Waals surface area contributed by atoms with Gasteiger partial charge in [0.2, 0.25) is 0 Å². The molecule has 0 spiro atoms. The molecule has 2 heterocycles. The topological polar surface area (TPSA) is 78.5 Å². The zero-order valence-corrected chi connectivity index (χ0v) is 11.5. The Kier molecular flexibility index (Phi) is 4.11. The second-order valence-electron chi connectivity index (χ2n) is 5.30. The molecule has 18 heavy (non-hydrogen) atoms. The van der Waals surface area contributed by atoms with E-state index in [1.165, 1.54) is 0 Å². The van der Waals surface area contributed by atoms with Gasteiger partial charge in [-0.2, -0.15) is 0 Å².